The fraction of sp³-hybridized carbons (Fsp3) is 0.500. The zero-order valence-corrected chi connectivity index (χ0v) is 13.2. The van der Waals surface area contributed by atoms with Crippen molar-refractivity contribution in [1.82, 2.24) is 5.32 Å². The van der Waals surface area contributed by atoms with E-state index in [9.17, 15) is 4.79 Å². The minimum atomic E-state index is -0.259. The van der Waals surface area contributed by atoms with Gasteiger partial charge in [0.2, 0.25) is 5.91 Å². The van der Waals surface area contributed by atoms with Crippen molar-refractivity contribution in [3.8, 4) is 0 Å². The monoisotopic (exact) mass is 328 g/mol. The first-order valence-electron chi connectivity index (χ1n) is 6.33. The molecule has 0 radical (unpaired) electrons. The molecule has 1 aromatic carbocycles. The molecule has 0 spiro atoms. The molecule has 0 bridgehead atoms. The van der Waals surface area contributed by atoms with Gasteiger partial charge in [0, 0.05) is 23.3 Å². The summed E-state index contributed by atoms with van der Waals surface area (Å²) in [6, 6.07) is 7.51. The summed E-state index contributed by atoms with van der Waals surface area (Å²) in [6.45, 7) is 7.52. The van der Waals surface area contributed by atoms with Crippen molar-refractivity contribution in [3.05, 3.63) is 28.7 Å². The molecule has 0 unspecified atom stereocenters. The van der Waals surface area contributed by atoms with Crippen molar-refractivity contribution in [1.29, 1.82) is 0 Å². The van der Waals surface area contributed by atoms with Gasteiger partial charge in [-0.05, 0) is 39.0 Å². The molecule has 0 heterocycles. The van der Waals surface area contributed by atoms with Crippen molar-refractivity contribution in [3.63, 3.8) is 0 Å². The Bertz CT molecular complexity index is 422. The van der Waals surface area contributed by atoms with Gasteiger partial charge in [-0.3, -0.25) is 4.79 Å². The first kappa shape index (κ1) is 16.1. The van der Waals surface area contributed by atoms with Gasteiger partial charge in [-0.2, -0.15) is 0 Å². The second kappa shape index (κ2) is 7.62. The van der Waals surface area contributed by atoms with Crippen LogP contribution in [0, 0.1) is 0 Å². The summed E-state index contributed by atoms with van der Waals surface area (Å²) in [6.07, 6.45) is 0. The number of benzene rings is 1. The molecule has 0 aliphatic heterocycles. The van der Waals surface area contributed by atoms with Gasteiger partial charge >= 0.3 is 0 Å². The van der Waals surface area contributed by atoms with E-state index < -0.39 is 0 Å². The number of ether oxygens (including phenoxy) is 1. The molecular weight excluding hydrogens is 308 g/mol. The highest BCUT2D eigenvalue weighted by Crippen LogP contribution is 2.15. The number of carbonyl (C=O) groups is 1. The third-order valence-corrected chi connectivity index (χ3v) is 2.97. The fourth-order valence-corrected chi connectivity index (χ4v) is 2.09. The van der Waals surface area contributed by atoms with E-state index >= 15 is 0 Å². The van der Waals surface area contributed by atoms with Crippen LogP contribution in [0.3, 0.4) is 0 Å². The quantitative estimate of drug-likeness (QED) is 0.809. The Balaban J connectivity index is 2.32. The van der Waals surface area contributed by atoms with E-state index in [0.29, 0.717) is 13.2 Å². The number of anilines is 1. The van der Waals surface area contributed by atoms with Crippen molar-refractivity contribution in [2.24, 2.45) is 0 Å². The maximum absolute atomic E-state index is 11.7. The number of nitrogens with one attached hydrogen (secondary N) is 2. The SMILES string of the molecule is CCOC(C)(C)CNCC(=O)Nc1cccc(Br)c1. The van der Waals surface area contributed by atoms with Gasteiger partial charge in [-0.1, -0.05) is 22.0 Å². The predicted octanol–water partition coefficient (Wildman–Crippen LogP) is 2.79. The molecule has 1 rings (SSSR count). The Hall–Kier alpha value is -0.910. The predicted molar refractivity (Wildman–Crippen MR) is 81.3 cm³/mol. The molecule has 0 aromatic heterocycles. The summed E-state index contributed by atoms with van der Waals surface area (Å²) in [7, 11) is 0. The molecule has 1 aromatic rings. The van der Waals surface area contributed by atoms with E-state index in [1.165, 1.54) is 0 Å². The van der Waals surface area contributed by atoms with E-state index in [-0.39, 0.29) is 18.1 Å². The van der Waals surface area contributed by atoms with Crippen LogP contribution >= 0.6 is 15.9 Å². The van der Waals surface area contributed by atoms with Crippen molar-refractivity contribution >= 4 is 27.5 Å². The highest BCUT2D eigenvalue weighted by molar-refractivity contribution is 9.10. The van der Waals surface area contributed by atoms with Gasteiger partial charge in [0.15, 0.2) is 0 Å². The van der Waals surface area contributed by atoms with Crippen LogP contribution in [0.5, 0.6) is 0 Å². The standard InChI is InChI=1S/C14H21BrN2O2/c1-4-19-14(2,3)10-16-9-13(18)17-12-7-5-6-11(15)8-12/h5-8,16H,4,9-10H2,1-3H3,(H,17,18). The molecule has 4 nitrogen and oxygen atoms in total. The maximum Gasteiger partial charge on any atom is 0.238 e. The second-order valence-corrected chi connectivity index (χ2v) is 5.77. The minimum Gasteiger partial charge on any atom is -0.375 e. The van der Waals surface area contributed by atoms with E-state index in [4.69, 9.17) is 4.74 Å². The van der Waals surface area contributed by atoms with E-state index in [2.05, 4.69) is 26.6 Å². The van der Waals surface area contributed by atoms with E-state index in [1.54, 1.807) is 0 Å². The maximum atomic E-state index is 11.7. The molecule has 19 heavy (non-hydrogen) atoms. The summed E-state index contributed by atoms with van der Waals surface area (Å²) in [5.41, 5.74) is 0.524. The molecule has 106 valence electrons. The van der Waals surface area contributed by atoms with Crippen LogP contribution < -0.4 is 10.6 Å². The van der Waals surface area contributed by atoms with Crippen LogP contribution in [-0.2, 0) is 9.53 Å². The zero-order chi connectivity index (χ0) is 14.3. The molecule has 0 atom stereocenters. The highest BCUT2D eigenvalue weighted by Gasteiger charge is 2.17. The summed E-state index contributed by atoms with van der Waals surface area (Å²) in [5, 5.41) is 5.93. The van der Waals surface area contributed by atoms with E-state index in [1.807, 2.05) is 45.0 Å². The summed E-state index contributed by atoms with van der Waals surface area (Å²) >= 11 is 3.36. The Labute approximate surface area is 123 Å². The summed E-state index contributed by atoms with van der Waals surface area (Å²) in [5.74, 6) is -0.0644. The molecule has 1 amide bonds. The number of rotatable bonds is 7. The number of amides is 1. The molecule has 0 fully saturated rings. The first-order chi connectivity index (χ1) is 8.93. The van der Waals surface area contributed by atoms with Gasteiger partial charge in [-0.15, -0.1) is 0 Å². The van der Waals surface area contributed by atoms with Crippen LogP contribution in [-0.4, -0.2) is 31.2 Å². The van der Waals surface area contributed by atoms with Crippen LogP contribution in [0.4, 0.5) is 5.69 Å². The van der Waals surface area contributed by atoms with Gasteiger partial charge in [0.25, 0.3) is 0 Å². The van der Waals surface area contributed by atoms with Crippen molar-refractivity contribution in [2.45, 2.75) is 26.4 Å². The number of carbonyl (C=O) groups excluding carboxylic acids is 1. The molecule has 0 aliphatic rings. The average molecular weight is 329 g/mol. The second-order valence-electron chi connectivity index (χ2n) is 4.85. The largest absolute Gasteiger partial charge is 0.375 e. The Kier molecular flexibility index (Phi) is 6.48. The third-order valence-electron chi connectivity index (χ3n) is 2.48. The van der Waals surface area contributed by atoms with Crippen LogP contribution in [0.15, 0.2) is 28.7 Å². The Morgan fingerprint density at radius 2 is 2.16 bits per heavy atom. The lowest BCUT2D eigenvalue weighted by atomic mass is 10.1. The smallest absolute Gasteiger partial charge is 0.238 e. The van der Waals surface area contributed by atoms with Crippen molar-refractivity contribution < 1.29 is 9.53 Å². The van der Waals surface area contributed by atoms with E-state index in [0.717, 1.165) is 10.2 Å². The number of halogens is 1. The average Bonchev–Trinajstić information content (AvgIpc) is 2.28. The lowest BCUT2D eigenvalue weighted by molar-refractivity contribution is -0.115. The molecule has 0 saturated heterocycles. The van der Waals surface area contributed by atoms with Gasteiger partial charge < -0.3 is 15.4 Å². The van der Waals surface area contributed by atoms with Gasteiger partial charge in [0.05, 0.1) is 12.1 Å². The Morgan fingerprint density at radius 3 is 2.79 bits per heavy atom. The normalized spacial score (nSPS) is 11.4. The lowest BCUT2D eigenvalue weighted by Crippen LogP contribution is -2.40. The fourth-order valence-electron chi connectivity index (χ4n) is 1.69. The topological polar surface area (TPSA) is 50.4 Å². The molecule has 0 saturated carbocycles. The van der Waals surface area contributed by atoms with Crippen LogP contribution in [0.2, 0.25) is 0 Å². The lowest BCUT2D eigenvalue weighted by Gasteiger charge is -2.24. The zero-order valence-electron chi connectivity index (χ0n) is 11.6. The van der Waals surface area contributed by atoms with Crippen molar-refractivity contribution in [2.75, 3.05) is 25.0 Å². The summed E-state index contributed by atoms with van der Waals surface area (Å²) < 4.78 is 6.49. The minimum absolute atomic E-state index is 0.0644. The third kappa shape index (κ3) is 6.71. The molecule has 0 aliphatic carbocycles. The van der Waals surface area contributed by atoms with Gasteiger partial charge in [-0.25, -0.2) is 0 Å². The van der Waals surface area contributed by atoms with Gasteiger partial charge in [0.1, 0.15) is 0 Å². The number of hydrogen-bond donors (Lipinski definition) is 2. The molecule has 2 N–H and O–H groups in total. The summed E-state index contributed by atoms with van der Waals surface area (Å²) in [4.78, 5) is 11.7. The number of hydrogen-bond acceptors (Lipinski definition) is 3. The first-order valence-corrected chi connectivity index (χ1v) is 7.12. The highest BCUT2D eigenvalue weighted by atomic mass is 79.9. The van der Waals surface area contributed by atoms with Crippen LogP contribution in [0.1, 0.15) is 20.8 Å². The molecular formula is C14H21BrN2O2. The Morgan fingerprint density at radius 1 is 1.42 bits per heavy atom. The van der Waals surface area contributed by atoms with Crippen LogP contribution in [0.25, 0.3) is 0 Å². The molecule has 5 heteroatoms.